The van der Waals surface area contributed by atoms with Crippen LogP contribution in [-0.2, 0) is 9.47 Å². The monoisotopic (exact) mass is 556 g/mol. The highest BCUT2D eigenvalue weighted by atomic mass is 19.4. The van der Waals surface area contributed by atoms with Gasteiger partial charge in [0.05, 0.1) is 49.9 Å². The highest BCUT2D eigenvalue weighted by Crippen LogP contribution is 2.37. The fourth-order valence-electron chi connectivity index (χ4n) is 3.68. The number of carbonyl (C=O) groups excluding carboxylic acids is 1. The van der Waals surface area contributed by atoms with Crippen molar-refractivity contribution in [2.24, 2.45) is 0 Å². The van der Waals surface area contributed by atoms with Gasteiger partial charge in [-0.1, -0.05) is 0 Å². The number of ether oxygens (including phenoxy) is 2. The summed E-state index contributed by atoms with van der Waals surface area (Å²) in [5.41, 5.74) is -4.75. The van der Waals surface area contributed by atoms with E-state index in [4.69, 9.17) is 14.6 Å². The quantitative estimate of drug-likeness (QED) is 0.404. The molecule has 0 aromatic carbocycles. The molecule has 2 aromatic rings. The molecule has 3 N–H and O–H groups in total. The second kappa shape index (κ2) is 10.1. The minimum atomic E-state index is -4.73. The van der Waals surface area contributed by atoms with Crippen molar-refractivity contribution in [1.82, 2.24) is 30.1 Å². The topological polar surface area (TPSA) is 130 Å². The molecule has 1 fully saturated rings. The standard InChI is InChI=1S/C21H26F6N6O5/c1-18(2,20(22,23)24)38-8-13(30-17(35)36)12-7-33-15(29-12)5-11(6-28-33)14(9-37-4)32-10-19(3,21(25,26)27)31-16(32)34/h5-7,13-14,30H,8-10H2,1-4H3,(H,31,34)(H,35,36)/t13-,14?,19?/m0/s1. The number of carbonyl (C=O) groups is 2. The Kier molecular flexibility index (Phi) is 7.76. The maximum Gasteiger partial charge on any atom is 0.416 e. The normalized spacial score (nSPS) is 20.5. The predicted octanol–water partition coefficient (Wildman–Crippen LogP) is 3.43. The van der Waals surface area contributed by atoms with E-state index >= 15 is 0 Å². The number of nitrogens with zero attached hydrogens (tertiary/aromatic N) is 4. The number of urea groups is 1. The molecule has 3 amide bonds. The predicted molar refractivity (Wildman–Crippen MR) is 117 cm³/mol. The summed E-state index contributed by atoms with van der Waals surface area (Å²) in [6.07, 6.45) is -8.46. The number of halogens is 6. The summed E-state index contributed by atoms with van der Waals surface area (Å²) < 4.78 is 91.3. The molecule has 11 nitrogen and oxygen atoms in total. The molecule has 0 bridgehead atoms. The molecule has 0 saturated carbocycles. The third-order valence-electron chi connectivity index (χ3n) is 6.15. The number of alkyl halides is 6. The largest absolute Gasteiger partial charge is 0.465 e. The van der Waals surface area contributed by atoms with Crippen LogP contribution in [0.2, 0.25) is 0 Å². The van der Waals surface area contributed by atoms with Crippen LogP contribution in [0.5, 0.6) is 0 Å². The van der Waals surface area contributed by atoms with Crippen LogP contribution in [0.25, 0.3) is 5.65 Å². The minimum Gasteiger partial charge on any atom is -0.465 e. The molecule has 0 radical (unpaired) electrons. The maximum absolute atomic E-state index is 13.5. The molecule has 0 aliphatic carbocycles. The Morgan fingerprint density at radius 3 is 2.45 bits per heavy atom. The smallest absolute Gasteiger partial charge is 0.416 e. The van der Waals surface area contributed by atoms with Gasteiger partial charge in [0.2, 0.25) is 0 Å². The van der Waals surface area contributed by atoms with Crippen molar-refractivity contribution in [2.45, 2.75) is 56.3 Å². The maximum atomic E-state index is 13.5. The highest BCUT2D eigenvalue weighted by molar-refractivity contribution is 5.78. The van der Waals surface area contributed by atoms with Gasteiger partial charge in [-0.2, -0.15) is 31.4 Å². The number of hydrogen-bond donors (Lipinski definition) is 3. The fraction of sp³-hybridized carbons (Fsp3) is 0.619. The Balaban J connectivity index is 1.92. The number of rotatable bonds is 9. The molecule has 1 aliphatic rings. The zero-order valence-corrected chi connectivity index (χ0v) is 20.6. The SMILES string of the molecule is COCC(c1cnn2cc([C@H](COC(C)(C)C(F)(F)F)NC(=O)O)nc2c1)N1CC(C)(C(F)(F)F)NC1=O. The lowest BCUT2D eigenvalue weighted by Crippen LogP contribution is -2.53. The summed E-state index contributed by atoms with van der Waals surface area (Å²) in [5, 5.41) is 17.3. The number of carboxylic acid groups (broad SMARTS) is 1. The lowest BCUT2D eigenvalue weighted by Gasteiger charge is -2.29. The molecule has 3 rings (SSSR count). The molecule has 2 aromatic heterocycles. The highest BCUT2D eigenvalue weighted by Gasteiger charge is 2.58. The fourth-order valence-corrected chi connectivity index (χ4v) is 3.68. The summed E-state index contributed by atoms with van der Waals surface area (Å²) in [6.45, 7) is 0.829. The second-order valence-electron chi connectivity index (χ2n) is 9.44. The lowest BCUT2D eigenvalue weighted by atomic mass is 10.0. The third kappa shape index (κ3) is 5.87. The van der Waals surface area contributed by atoms with E-state index in [1.165, 1.54) is 30.1 Å². The van der Waals surface area contributed by atoms with E-state index in [1.807, 2.05) is 10.6 Å². The van der Waals surface area contributed by atoms with Crippen molar-refractivity contribution < 1.29 is 50.5 Å². The van der Waals surface area contributed by atoms with Gasteiger partial charge in [0, 0.05) is 12.7 Å². The van der Waals surface area contributed by atoms with E-state index in [-0.39, 0.29) is 23.5 Å². The first-order chi connectivity index (χ1) is 17.4. The Labute approximate surface area is 212 Å². The van der Waals surface area contributed by atoms with Crippen molar-refractivity contribution in [3.8, 4) is 0 Å². The third-order valence-corrected chi connectivity index (χ3v) is 6.15. The summed E-state index contributed by atoms with van der Waals surface area (Å²) in [6, 6.07) is -1.88. The van der Waals surface area contributed by atoms with Crippen LogP contribution >= 0.6 is 0 Å². The van der Waals surface area contributed by atoms with Crippen LogP contribution in [0, 0.1) is 0 Å². The van der Waals surface area contributed by atoms with E-state index in [0.717, 1.165) is 25.7 Å². The molecule has 3 heterocycles. The lowest BCUT2D eigenvalue weighted by molar-refractivity contribution is -0.265. The van der Waals surface area contributed by atoms with Crippen molar-refractivity contribution in [1.29, 1.82) is 0 Å². The first-order valence-electron chi connectivity index (χ1n) is 11.1. The Morgan fingerprint density at radius 1 is 1.26 bits per heavy atom. The molecule has 0 spiro atoms. The number of imidazole rings is 1. The van der Waals surface area contributed by atoms with E-state index in [1.54, 1.807) is 0 Å². The minimum absolute atomic E-state index is 0.0260. The van der Waals surface area contributed by atoms with Gasteiger partial charge in [0.1, 0.15) is 0 Å². The molecular weight excluding hydrogens is 530 g/mol. The van der Waals surface area contributed by atoms with E-state index in [2.05, 4.69) is 10.1 Å². The van der Waals surface area contributed by atoms with Crippen LogP contribution in [0.3, 0.4) is 0 Å². The van der Waals surface area contributed by atoms with E-state index < -0.39 is 60.9 Å². The second-order valence-corrected chi connectivity index (χ2v) is 9.44. The van der Waals surface area contributed by atoms with E-state index in [0.29, 0.717) is 0 Å². The number of methoxy groups -OCH3 is 1. The van der Waals surface area contributed by atoms with Crippen molar-refractivity contribution in [3.63, 3.8) is 0 Å². The summed E-state index contributed by atoms with van der Waals surface area (Å²) in [7, 11) is 1.30. The van der Waals surface area contributed by atoms with E-state index in [9.17, 15) is 35.9 Å². The first-order valence-corrected chi connectivity index (χ1v) is 11.1. The van der Waals surface area contributed by atoms with Crippen LogP contribution in [-0.4, -0.2) is 87.1 Å². The number of amides is 3. The van der Waals surface area contributed by atoms with Crippen LogP contribution in [0.15, 0.2) is 18.5 Å². The zero-order chi connectivity index (χ0) is 28.7. The van der Waals surface area contributed by atoms with Gasteiger partial charge in [0.15, 0.2) is 16.8 Å². The Morgan fingerprint density at radius 2 is 1.92 bits per heavy atom. The summed E-state index contributed by atoms with van der Waals surface area (Å²) in [5.74, 6) is 0. The van der Waals surface area contributed by atoms with Gasteiger partial charge in [-0.15, -0.1) is 0 Å². The summed E-state index contributed by atoms with van der Waals surface area (Å²) >= 11 is 0. The Bertz CT molecular complexity index is 1190. The van der Waals surface area contributed by atoms with Gasteiger partial charge >= 0.3 is 24.5 Å². The van der Waals surface area contributed by atoms with Gasteiger partial charge in [-0.25, -0.2) is 19.1 Å². The number of hydrogen-bond acceptors (Lipinski definition) is 6. The molecular formula is C21H26F6N6O5. The van der Waals surface area contributed by atoms with Crippen LogP contribution < -0.4 is 10.6 Å². The number of nitrogens with one attached hydrogen (secondary N) is 2. The average Bonchev–Trinajstić information content (AvgIpc) is 3.34. The van der Waals surface area contributed by atoms with Crippen LogP contribution in [0.1, 0.15) is 44.1 Å². The van der Waals surface area contributed by atoms with Gasteiger partial charge in [0.25, 0.3) is 0 Å². The molecule has 1 aliphatic heterocycles. The van der Waals surface area contributed by atoms with Crippen molar-refractivity contribution in [2.75, 3.05) is 26.9 Å². The Hall–Kier alpha value is -3.34. The number of fused-ring (bicyclic) bond motifs is 1. The van der Waals surface area contributed by atoms with Gasteiger partial charge in [-0.05, 0) is 26.8 Å². The van der Waals surface area contributed by atoms with Crippen molar-refractivity contribution in [3.05, 3.63) is 29.7 Å². The van der Waals surface area contributed by atoms with Crippen LogP contribution in [0.4, 0.5) is 35.9 Å². The van der Waals surface area contributed by atoms with Gasteiger partial charge in [-0.3, -0.25) is 0 Å². The van der Waals surface area contributed by atoms with Crippen molar-refractivity contribution >= 4 is 17.8 Å². The molecule has 1 saturated heterocycles. The first kappa shape index (κ1) is 29.2. The molecule has 17 heteroatoms. The molecule has 212 valence electrons. The average molecular weight is 556 g/mol. The molecule has 38 heavy (non-hydrogen) atoms. The molecule has 3 atom stereocenters. The molecule has 2 unspecified atom stereocenters. The summed E-state index contributed by atoms with van der Waals surface area (Å²) in [4.78, 5) is 28.9. The number of aromatic nitrogens is 3. The van der Waals surface area contributed by atoms with Gasteiger partial charge < -0.3 is 30.1 Å². The zero-order valence-electron chi connectivity index (χ0n) is 20.6.